The van der Waals surface area contributed by atoms with Gasteiger partial charge in [-0.15, -0.1) is 0 Å². The summed E-state index contributed by atoms with van der Waals surface area (Å²) in [6.07, 6.45) is 5.43. The summed E-state index contributed by atoms with van der Waals surface area (Å²) in [5, 5.41) is 1.07. The zero-order valence-corrected chi connectivity index (χ0v) is 12.8. The Morgan fingerprint density at radius 3 is 2.67 bits per heavy atom. The lowest BCUT2D eigenvalue weighted by Gasteiger charge is -2.39. The Morgan fingerprint density at radius 1 is 1.14 bits per heavy atom. The van der Waals surface area contributed by atoms with Crippen molar-refractivity contribution in [2.75, 3.05) is 13.1 Å². The van der Waals surface area contributed by atoms with E-state index in [1.807, 2.05) is 44.2 Å². The maximum atomic E-state index is 12.9. The number of piperidine rings is 1. The van der Waals surface area contributed by atoms with Gasteiger partial charge in [-0.25, -0.2) is 0 Å². The summed E-state index contributed by atoms with van der Waals surface area (Å²) in [7, 11) is 0. The van der Waals surface area contributed by atoms with Gasteiger partial charge in [-0.2, -0.15) is 0 Å². The van der Waals surface area contributed by atoms with Crippen LogP contribution in [0.3, 0.4) is 0 Å². The summed E-state index contributed by atoms with van der Waals surface area (Å²) in [5.74, 6) is 0.192. The Kier molecular flexibility index (Phi) is 3.77. The van der Waals surface area contributed by atoms with Gasteiger partial charge in [-0.05, 0) is 51.9 Å². The second kappa shape index (κ2) is 5.57. The first kappa shape index (κ1) is 14.2. The number of fused-ring (bicyclic) bond motifs is 1. The van der Waals surface area contributed by atoms with Crippen LogP contribution in [0.5, 0.6) is 0 Å². The van der Waals surface area contributed by atoms with Gasteiger partial charge in [0.25, 0.3) is 0 Å². The van der Waals surface area contributed by atoms with Crippen LogP contribution in [-0.2, 0) is 0 Å². The highest BCUT2D eigenvalue weighted by Gasteiger charge is 2.35. The summed E-state index contributed by atoms with van der Waals surface area (Å²) in [6.45, 7) is 6.13. The molecule has 3 heteroatoms. The Labute approximate surface area is 126 Å². The SMILES string of the molecule is CC(C)(C(=O)c1ccc2cccnc2c1)N1CCCCC1. The van der Waals surface area contributed by atoms with Crippen molar-refractivity contribution in [3.8, 4) is 0 Å². The lowest BCUT2D eigenvalue weighted by Crippen LogP contribution is -2.52. The molecule has 21 heavy (non-hydrogen) atoms. The maximum absolute atomic E-state index is 12.9. The van der Waals surface area contributed by atoms with Gasteiger partial charge in [0.2, 0.25) is 0 Å². The van der Waals surface area contributed by atoms with E-state index in [2.05, 4.69) is 9.88 Å². The molecular formula is C18H22N2O. The number of pyridine rings is 1. The molecule has 0 unspecified atom stereocenters. The van der Waals surface area contributed by atoms with Crippen molar-refractivity contribution >= 4 is 16.7 Å². The van der Waals surface area contributed by atoms with Crippen LogP contribution >= 0.6 is 0 Å². The van der Waals surface area contributed by atoms with E-state index in [0.29, 0.717) is 0 Å². The maximum Gasteiger partial charge on any atom is 0.182 e. The van der Waals surface area contributed by atoms with Crippen LogP contribution in [0, 0.1) is 0 Å². The van der Waals surface area contributed by atoms with E-state index >= 15 is 0 Å². The fraction of sp³-hybridized carbons (Fsp3) is 0.444. The number of carbonyl (C=O) groups excluding carboxylic acids is 1. The van der Waals surface area contributed by atoms with Crippen molar-refractivity contribution in [3.05, 3.63) is 42.1 Å². The Hall–Kier alpha value is -1.74. The summed E-state index contributed by atoms with van der Waals surface area (Å²) < 4.78 is 0. The molecule has 3 rings (SSSR count). The van der Waals surface area contributed by atoms with Crippen LogP contribution in [-0.4, -0.2) is 34.3 Å². The van der Waals surface area contributed by atoms with Crippen molar-refractivity contribution in [1.82, 2.24) is 9.88 Å². The van der Waals surface area contributed by atoms with Gasteiger partial charge in [-0.3, -0.25) is 14.7 Å². The first-order valence-electron chi connectivity index (χ1n) is 7.74. The molecule has 0 N–H and O–H groups in total. The number of Topliss-reactive ketones (excluding diaryl/α,β-unsaturated/α-hetero) is 1. The van der Waals surface area contributed by atoms with Crippen molar-refractivity contribution < 1.29 is 4.79 Å². The van der Waals surface area contributed by atoms with Gasteiger partial charge in [0.15, 0.2) is 5.78 Å². The molecule has 110 valence electrons. The number of likely N-dealkylation sites (tertiary alicyclic amines) is 1. The van der Waals surface area contributed by atoms with E-state index in [0.717, 1.165) is 29.6 Å². The number of rotatable bonds is 3. The molecule has 3 nitrogen and oxygen atoms in total. The normalized spacial score (nSPS) is 17.0. The van der Waals surface area contributed by atoms with Crippen molar-refractivity contribution in [2.24, 2.45) is 0 Å². The monoisotopic (exact) mass is 282 g/mol. The van der Waals surface area contributed by atoms with Crippen molar-refractivity contribution in [3.63, 3.8) is 0 Å². The van der Waals surface area contributed by atoms with Gasteiger partial charge < -0.3 is 0 Å². The minimum Gasteiger partial charge on any atom is -0.292 e. The third kappa shape index (κ3) is 2.70. The Bertz CT molecular complexity index is 657. The van der Waals surface area contributed by atoms with Crippen molar-refractivity contribution in [1.29, 1.82) is 0 Å². The molecule has 1 aliphatic heterocycles. The summed E-state index contributed by atoms with van der Waals surface area (Å²) in [6, 6.07) is 9.77. The second-order valence-corrected chi connectivity index (χ2v) is 6.35. The molecule has 0 aliphatic carbocycles. The van der Waals surface area contributed by atoms with Gasteiger partial charge >= 0.3 is 0 Å². The number of ketones is 1. The highest BCUT2D eigenvalue weighted by molar-refractivity contribution is 6.04. The van der Waals surface area contributed by atoms with Crippen LogP contribution in [0.4, 0.5) is 0 Å². The standard InChI is InChI=1S/C18H22N2O/c1-18(2,20-11-4-3-5-12-20)17(21)15-9-8-14-7-6-10-19-16(14)13-15/h6-10,13H,3-5,11-12H2,1-2H3. The Balaban J connectivity index is 1.91. The fourth-order valence-corrected chi connectivity index (χ4v) is 3.16. The molecule has 1 aromatic carbocycles. The predicted molar refractivity (Wildman–Crippen MR) is 85.6 cm³/mol. The molecule has 1 fully saturated rings. The lowest BCUT2D eigenvalue weighted by atomic mass is 9.89. The minimum atomic E-state index is -0.442. The van der Waals surface area contributed by atoms with Gasteiger partial charge in [0, 0.05) is 17.1 Å². The van der Waals surface area contributed by atoms with Gasteiger partial charge in [-0.1, -0.05) is 24.6 Å². The van der Waals surface area contributed by atoms with Crippen molar-refractivity contribution in [2.45, 2.75) is 38.6 Å². The fourth-order valence-electron chi connectivity index (χ4n) is 3.16. The lowest BCUT2D eigenvalue weighted by molar-refractivity contribution is 0.0579. The Morgan fingerprint density at radius 2 is 1.90 bits per heavy atom. The first-order chi connectivity index (χ1) is 10.1. The molecule has 1 saturated heterocycles. The number of hydrogen-bond donors (Lipinski definition) is 0. The van der Waals surface area contributed by atoms with Gasteiger partial charge in [0.1, 0.15) is 0 Å². The predicted octanol–water partition coefficient (Wildman–Crippen LogP) is 3.68. The highest BCUT2D eigenvalue weighted by Crippen LogP contribution is 2.25. The second-order valence-electron chi connectivity index (χ2n) is 6.35. The van der Waals surface area contributed by atoms with Crippen LogP contribution in [0.2, 0.25) is 0 Å². The smallest absolute Gasteiger partial charge is 0.182 e. The van der Waals surface area contributed by atoms with E-state index in [1.165, 1.54) is 19.3 Å². The first-order valence-corrected chi connectivity index (χ1v) is 7.74. The summed E-state index contributed by atoms with van der Waals surface area (Å²) >= 11 is 0. The molecule has 2 heterocycles. The molecule has 0 radical (unpaired) electrons. The van der Waals surface area contributed by atoms with Crippen LogP contribution < -0.4 is 0 Å². The zero-order chi connectivity index (χ0) is 14.9. The molecule has 0 saturated carbocycles. The van der Waals surface area contributed by atoms with E-state index < -0.39 is 5.54 Å². The number of benzene rings is 1. The third-order valence-electron chi connectivity index (χ3n) is 4.57. The topological polar surface area (TPSA) is 33.2 Å². The van der Waals surface area contributed by atoms with E-state index in [9.17, 15) is 4.79 Å². The number of carbonyl (C=O) groups is 1. The van der Waals surface area contributed by atoms with E-state index in [1.54, 1.807) is 6.20 Å². The summed E-state index contributed by atoms with van der Waals surface area (Å²) in [4.78, 5) is 19.6. The third-order valence-corrected chi connectivity index (χ3v) is 4.57. The zero-order valence-electron chi connectivity index (χ0n) is 12.8. The number of aromatic nitrogens is 1. The average Bonchev–Trinajstić information content (AvgIpc) is 2.54. The van der Waals surface area contributed by atoms with E-state index in [-0.39, 0.29) is 5.78 Å². The molecule has 2 aromatic rings. The highest BCUT2D eigenvalue weighted by atomic mass is 16.1. The van der Waals surface area contributed by atoms with E-state index in [4.69, 9.17) is 0 Å². The van der Waals surface area contributed by atoms with Gasteiger partial charge in [0.05, 0.1) is 11.1 Å². The average molecular weight is 282 g/mol. The number of hydrogen-bond acceptors (Lipinski definition) is 3. The molecular weight excluding hydrogens is 260 g/mol. The molecule has 0 spiro atoms. The quantitative estimate of drug-likeness (QED) is 0.805. The molecule has 0 atom stereocenters. The molecule has 1 aliphatic rings. The van der Waals surface area contributed by atoms with Crippen LogP contribution in [0.15, 0.2) is 36.5 Å². The number of nitrogens with zero attached hydrogens (tertiary/aromatic N) is 2. The summed E-state index contributed by atoms with van der Waals surface area (Å²) in [5.41, 5.74) is 1.21. The largest absolute Gasteiger partial charge is 0.292 e. The van der Waals surface area contributed by atoms with Crippen LogP contribution in [0.1, 0.15) is 43.5 Å². The molecule has 1 aromatic heterocycles. The molecule has 0 amide bonds. The molecule has 0 bridgehead atoms. The minimum absolute atomic E-state index is 0.192. The van der Waals surface area contributed by atoms with Crippen LogP contribution in [0.25, 0.3) is 10.9 Å².